The highest BCUT2D eigenvalue weighted by Crippen LogP contribution is 2.17. The van der Waals surface area contributed by atoms with Gasteiger partial charge in [0.15, 0.2) is 0 Å². The van der Waals surface area contributed by atoms with Crippen molar-refractivity contribution in [2.24, 2.45) is 0 Å². The van der Waals surface area contributed by atoms with E-state index in [0.29, 0.717) is 13.2 Å². The first kappa shape index (κ1) is 22.4. The summed E-state index contributed by atoms with van der Waals surface area (Å²) in [6.45, 7) is 3.51. The van der Waals surface area contributed by atoms with Crippen molar-refractivity contribution in [2.75, 3.05) is 26.2 Å². The van der Waals surface area contributed by atoms with E-state index < -0.39 is 12.2 Å². The third kappa shape index (κ3) is 8.18. The molecule has 0 bridgehead atoms. The molecule has 0 aromatic heterocycles. The highest BCUT2D eigenvalue weighted by Gasteiger charge is 2.20. The lowest BCUT2D eigenvalue weighted by Crippen LogP contribution is -2.43. The number of benzene rings is 2. The van der Waals surface area contributed by atoms with Gasteiger partial charge in [-0.3, -0.25) is 4.90 Å². The summed E-state index contributed by atoms with van der Waals surface area (Å²) in [5, 5.41) is 14.0. The molecule has 2 aromatic carbocycles. The molecule has 3 rings (SSSR count). The third-order valence-corrected chi connectivity index (χ3v) is 5.10. The Labute approximate surface area is 182 Å². The summed E-state index contributed by atoms with van der Waals surface area (Å²) < 4.78 is 10.8. The van der Waals surface area contributed by atoms with Crippen LogP contribution in [0.3, 0.4) is 0 Å². The van der Waals surface area contributed by atoms with Crippen LogP contribution in [0, 0.1) is 0 Å². The van der Waals surface area contributed by atoms with Gasteiger partial charge in [-0.05, 0) is 36.1 Å². The molecule has 1 aliphatic heterocycles. The van der Waals surface area contributed by atoms with Gasteiger partial charge in [0, 0.05) is 25.7 Å². The Hall–Kier alpha value is -3.26. The summed E-state index contributed by atoms with van der Waals surface area (Å²) in [4.78, 5) is 24.7. The number of hydrogen-bond acceptors (Lipinski definition) is 5. The Bertz CT molecular complexity index is 821. The quantitative estimate of drug-likeness (QED) is 0.532. The molecule has 1 fully saturated rings. The van der Waals surface area contributed by atoms with Gasteiger partial charge < -0.3 is 25.2 Å². The van der Waals surface area contributed by atoms with Gasteiger partial charge in [-0.15, -0.1) is 0 Å². The van der Waals surface area contributed by atoms with E-state index in [1.54, 1.807) is 0 Å². The van der Waals surface area contributed by atoms with Crippen molar-refractivity contribution in [1.29, 1.82) is 0 Å². The molecule has 1 saturated heterocycles. The smallest absolute Gasteiger partial charge is 0.407 e. The Morgan fingerprint density at radius 2 is 1.71 bits per heavy atom. The fourth-order valence-electron chi connectivity index (χ4n) is 3.46. The maximum absolute atomic E-state index is 11.7. The molecule has 8 nitrogen and oxygen atoms in total. The lowest BCUT2D eigenvalue weighted by atomic mass is 10.0. The Kier molecular flexibility index (Phi) is 8.54. The van der Waals surface area contributed by atoms with Crippen LogP contribution in [0.1, 0.15) is 24.0 Å². The monoisotopic (exact) mass is 427 g/mol. The van der Waals surface area contributed by atoms with Gasteiger partial charge in [0.1, 0.15) is 19.0 Å². The Balaban J connectivity index is 1.29. The number of ether oxygens (including phenoxy) is 2. The van der Waals surface area contributed by atoms with Crippen LogP contribution in [-0.4, -0.2) is 54.5 Å². The molecular formula is C23H29N3O5. The zero-order valence-corrected chi connectivity index (χ0v) is 17.5. The lowest BCUT2D eigenvalue weighted by molar-refractivity contribution is 0.137. The molecule has 2 aromatic rings. The largest absolute Gasteiger partial charge is 0.492 e. The predicted molar refractivity (Wildman–Crippen MR) is 116 cm³/mol. The Morgan fingerprint density at radius 3 is 2.39 bits per heavy atom. The van der Waals surface area contributed by atoms with Crippen molar-refractivity contribution in [3.8, 4) is 5.75 Å². The zero-order valence-electron chi connectivity index (χ0n) is 17.5. The zero-order chi connectivity index (χ0) is 21.9. The van der Waals surface area contributed by atoms with Crippen molar-refractivity contribution < 1.29 is 24.2 Å². The minimum absolute atomic E-state index is 0.0498. The molecule has 0 radical (unpaired) electrons. The fourth-order valence-corrected chi connectivity index (χ4v) is 3.46. The van der Waals surface area contributed by atoms with Crippen LogP contribution in [0.5, 0.6) is 5.75 Å². The summed E-state index contributed by atoms with van der Waals surface area (Å²) >= 11 is 0. The maximum atomic E-state index is 11.7. The molecule has 0 unspecified atom stereocenters. The number of piperidine rings is 1. The second kappa shape index (κ2) is 11.8. The molecular weight excluding hydrogens is 398 g/mol. The number of alkyl carbamates (subject to hydrolysis) is 1. The normalized spacial score (nSPS) is 14.6. The van der Waals surface area contributed by atoms with Gasteiger partial charge in [-0.1, -0.05) is 42.5 Å². The standard InChI is InChI=1S/C23H29N3O5/c27-22(28)25-20-10-13-26(14-11-20)16-18-6-8-21(9-7-18)30-15-12-24-23(29)31-17-19-4-2-1-3-5-19/h1-9,20,25H,10-17H2,(H,24,29)(H,27,28). The molecule has 0 aliphatic carbocycles. The molecule has 1 aliphatic rings. The summed E-state index contributed by atoms with van der Waals surface area (Å²) in [6, 6.07) is 17.5. The molecule has 0 atom stereocenters. The number of carbonyl (C=O) groups excluding carboxylic acids is 1. The summed E-state index contributed by atoms with van der Waals surface area (Å²) in [7, 11) is 0. The number of hydrogen-bond donors (Lipinski definition) is 3. The van der Waals surface area contributed by atoms with E-state index in [9.17, 15) is 9.59 Å². The first-order valence-electron chi connectivity index (χ1n) is 10.5. The molecule has 31 heavy (non-hydrogen) atoms. The third-order valence-electron chi connectivity index (χ3n) is 5.10. The van der Waals surface area contributed by atoms with E-state index >= 15 is 0 Å². The van der Waals surface area contributed by atoms with Gasteiger partial charge >= 0.3 is 12.2 Å². The molecule has 2 amide bonds. The second-order valence-corrected chi connectivity index (χ2v) is 7.48. The molecule has 1 heterocycles. The molecule has 0 spiro atoms. The van der Waals surface area contributed by atoms with Crippen molar-refractivity contribution in [3.63, 3.8) is 0 Å². The van der Waals surface area contributed by atoms with Gasteiger partial charge in [0.2, 0.25) is 0 Å². The minimum atomic E-state index is -0.951. The van der Waals surface area contributed by atoms with Crippen molar-refractivity contribution >= 4 is 12.2 Å². The summed E-state index contributed by atoms with van der Waals surface area (Å²) in [6.07, 6.45) is 0.237. The van der Waals surface area contributed by atoms with Gasteiger partial charge in [0.05, 0.1) is 6.54 Å². The average Bonchev–Trinajstić information content (AvgIpc) is 2.78. The van der Waals surface area contributed by atoms with E-state index in [4.69, 9.17) is 14.6 Å². The molecule has 166 valence electrons. The first-order chi connectivity index (χ1) is 15.1. The van der Waals surface area contributed by atoms with Gasteiger partial charge in [-0.25, -0.2) is 9.59 Å². The lowest BCUT2D eigenvalue weighted by Gasteiger charge is -2.31. The van der Waals surface area contributed by atoms with Crippen molar-refractivity contribution in [2.45, 2.75) is 32.0 Å². The molecule has 0 saturated carbocycles. The molecule has 3 N–H and O–H groups in total. The fraction of sp³-hybridized carbons (Fsp3) is 0.391. The number of carbonyl (C=O) groups is 2. The Morgan fingerprint density at radius 1 is 1.00 bits per heavy atom. The maximum Gasteiger partial charge on any atom is 0.407 e. The molecule has 8 heteroatoms. The van der Waals surface area contributed by atoms with Crippen LogP contribution in [0.4, 0.5) is 9.59 Å². The van der Waals surface area contributed by atoms with Crippen LogP contribution >= 0.6 is 0 Å². The van der Waals surface area contributed by atoms with Crippen LogP contribution in [0.2, 0.25) is 0 Å². The number of amides is 2. The predicted octanol–water partition coefficient (Wildman–Crippen LogP) is 3.22. The van der Waals surface area contributed by atoms with Gasteiger partial charge in [0.25, 0.3) is 0 Å². The van der Waals surface area contributed by atoms with Gasteiger partial charge in [-0.2, -0.15) is 0 Å². The van der Waals surface area contributed by atoms with Crippen molar-refractivity contribution in [3.05, 3.63) is 65.7 Å². The highest BCUT2D eigenvalue weighted by atomic mass is 16.5. The van der Waals surface area contributed by atoms with E-state index in [-0.39, 0.29) is 12.6 Å². The van der Waals surface area contributed by atoms with Crippen LogP contribution in [0.15, 0.2) is 54.6 Å². The topological polar surface area (TPSA) is 100 Å². The highest BCUT2D eigenvalue weighted by molar-refractivity contribution is 5.67. The minimum Gasteiger partial charge on any atom is -0.492 e. The number of nitrogens with zero attached hydrogens (tertiary/aromatic N) is 1. The first-order valence-corrected chi connectivity index (χ1v) is 10.5. The van der Waals surface area contributed by atoms with Crippen LogP contribution in [0.25, 0.3) is 0 Å². The summed E-state index contributed by atoms with van der Waals surface area (Å²) in [5.74, 6) is 0.743. The summed E-state index contributed by atoms with van der Waals surface area (Å²) in [5.41, 5.74) is 2.12. The van der Waals surface area contributed by atoms with E-state index in [2.05, 4.69) is 15.5 Å². The van der Waals surface area contributed by atoms with E-state index in [1.165, 1.54) is 5.56 Å². The number of carboxylic acid groups (broad SMARTS) is 1. The number of likely N-dealkylation sites (tertiary alicyclic amines) is 1. The second-order valence-electron chi connectivity index (χ2n) is 7.48. The van der Waals surface area contributed by atoms with Crippen LogP contribution < -0.4 is 15.4 Å². The number of rotatable bonds is 9. The van der Waals surface area contributed by atoms with E-state index in [0.717, 1.165) is 43.8 Å². The van der Waals surface area contributed by atoms with Crippen molar-refractivity contribution in [1.82, 2.24) is 15.5 Å². The SMILES string of the molecule is O=C(O)NC1CCN(Cc2ccc(OCCNC(=O)OCc3ccccc3)cc2)CC1. The number of nitrogens with one attached hydrogen (secondary N) is 2. The van der Waals surface area contributed by atoms with Crippen LogP contribution in [-0.2, 0) is 17.9 Å². The average molecular weight is 428 g/mol. The van der Waals surface area contributed by atoms with E-state index in [1.807, 2.05) is 54.6 Å².